The second-order valence-electron chi connectivity index (χ2n) is 5.32. The zero-order chi connectivity index (χ0) is 17.9. The molecule has 0 atom stereocenters. The Hall–Kier alpha value is -3.29. The van der Waals surface area contributed by atoms with E-state index in [2.05, 4.69) is 9.97 Å². The van der Waals surface area contributed by atoms with E-state index in [1.165, 1.54) is 36.5 Å². The highest BCUT2D eigenvalue weighted by atomic mass is 16.6. The molecule has 2 rings (SSSR count). The van der Waals surface area contributed by atoms with Gasteiger partial charge in [-0.3, -0.25) is 10.1 Å². The topological polar surface area (TPSA) is 126 Å². The predicted molar refractivity (Wildman–Crippen MR) is 86.8 cm³/mol. The summed E-state index contributed by atoms with van der Waals surface area (Å²) in [6, 6.07) is 3.68. The van der Waals surface area contributed by atoms with Gasteiger partial charge in [0.05, 0.1) is 21.7 Å². The number of hydrogen-bond donors (Lipinski definition) is 2. The average Bonchev–Trinajstić information content (AvgIpc) is 2.52. The Kier molecular flexibility index (Phi) is 4.88. The Labute approximate surface area is 137 Å². The summed E-state index contributed by atoms with van der Waals surface area (Å²) in [6.45, 7) is 3.62. The van der Waals surface area contributed by atoms with Crippen LogP contribution in [0.1, 0.15) is 47.2 Å². The van der Waals surface area contributed by atoms with Gasteiger partial charge >= 0.3 is 5.97 Å². The number of phenols is 1. The molecular weight excluding hydrogens is 314 g/mol. The molecule has 24 heavy (non-hydrogen) atoms. The number of nitrogens with zero attached hydrogens (tertiary/aromatic N) is 3. The first-order valence-electron chi connectivity index (χ1n) is 7.05. The van der Waals surface area contributed by atoms with Gasteiger partial charge in [-0.15, -0.1) is 0 Å². The summed E-state index contributed by atoms with van der Waals surface area (Å²) < 4.78 is 0. The minimum Gasteiger partial charge on any atom is -0.508 e. The van der Waals surface area contributed by atoms with Crippen LogP contribution in [0.3, 0.4) is 0 Å². The number of rotatable bonds is 5. The third-order valence-corrected chi connectivity index (χ3v) is 3.23. The number of hydrogen-bond acceptors (Lipinski definition) is 6. The van der Waals surface area contributed by atoms with Gasteiger partial charge in [0.15, 0.2) is 5.82 Å². The van der Waals surface area contributed by atoms with Crippen LogP contribution in [0.5, 0.6) is 5.75 Å². The van der Waals surface area contributed by atoms with Crippen molar-refractivity contribution in [3.63, 3.8) is 0 Å². The number of nitro groups is 1. The van der Waals surface area contributed by atoms with E-state index >= 15 is 0 Å². The van der Waals surface area contributed by atoms with Crippen LogP contribution in [-0.4, -0.2) is 31.1 Å². The zero-order valence-electron chi connectivity index (χ0n) is 13.0. The van der Waals surface area contributed by atoms with Crippen molar-refractivity contribution >= 4 is 23.8 Å². The largest absolute Gasteiger partial charge is 0.508 e. The van der Waals surface area contributed by atoms with Gasteiger partial charge in [-0.2, -0.15) is 0 Å². The number of benzene rings is 1. The summed E-state index contributed by atoms with van der Waals surface area (Å²) in [5.41, 5.74) is 0.417. The molecule has 0 bridgehead atoms. The molecule has 1 heterocycles. The minimum absolute atomic E-state index is 0.0190. The molecule has 1 aromatic carbocycles. The minimum atomic E-state index is -1.11. The first-order chi connectivity index (χ1) is 11.3. The van der Waals surface area contributed by atoms with Gasteiger partial charge in [-0.1, -0.05) is 13.8 Å². The number of phenolic OH excluding ortho intramolecular Hbond substituents is 1. The molecular formula is C16H15N3O5. The summed E-state index contributed by atoms with van der Waals surface area (Å²) in [5.74, 6) is -1.12. The van der Waals surface area contributed by atoms with E-state index in [4.69, 9.17) is 5.11 Å². The van der Waals surface area contributed by atoms with Crippen molar-refractivity contribution in [1.82, 2.24) is 9.97 Å². The number of carboxylic acids is 1. The molecule has 0 aliphatic heterocycles. The molecule has 0 aliphatic carbocycles. The fraction of sp³-hybridized carbons (Fsp3) is 0.188. The van der Waals surface area contributed by atoms with E-state index in [-0.39, 0.29) is 34.3 Å². The molecule has 8 nitrogen and oxygen atoms in total. The third-order valence-electron chi connectivity index (χ3n) is 3.23. The summed E-state index contributed by atoms with van der Waals surface area (Å²) in [5, 5.41) is 29.6. The van der Waals surface area contributed by atoms with Crippen LogP contribution < -0.4 is 0 Å². The SMILES string of the molecule is CC(C)c1nc(/C=C/c2cc(O)ccc2[N+](=O)[O-])ncc1C(=O)O. The van der Waals surface area contributed by atoms with Crippen molar-refractivity contribution in [1.29, 1.82) is 0 Å². The maximum Gasteiger partial charge on any atom is 0.339 e. The summed E-state index contributed by atoms with van der Waals surface area (Å²) in [4.78, 5) is 29.7. The first kappa shape index (κ1) is 17.1. The van der Waals surface area contributed by atoms with Gasteiger partial charge in [-0.25, -0.2) is 14.8 Å². The number of aromatic carboxylic acids is 1. The van der Waals surface area contributed by atoms with Gasteiger partial charge in [0, 0.05) is 12.3 Å². The van der Waals surface area contributed by atoms with Crippen LogP contribution in [0.25, 0.3) is 12.2 Å². The molecule has 0 spiro atoms. The molecule has 2 aromatic rings. The normalized spacial score (nSPS) is 11.1. The monoisotopic (exact) mass is 329 g/mol. The summed E-state index contributed by atoms with van der Waals surface area (Å²) in [7, 11) is 0. The number of aromatic hydroxyl groups is 1. The quantitative estimate of drug-likeness (QED) is 0.637. The lowest BCUT2D eigenvalue weighted by atomic mass is 10.1. The zero-order valence-corrected chi connectivity index (χ0v) is 13.0. The second kappa shape index (κ2) is 6.86. The highest BCUT2D eigenvalue weighted by Gasteiger charge is 2.16. The van der Waals surface area contributed by atoms with E-state index in [9.17, 15) is 20.0 Å². The van der Waals surface area contributed by atoms with E-state index in [0.717, 1.165) is 0 Å². The van der Waals surface area contributed by atoms with Crippen LogP contribution in [0.2, 0.25) is 0 Å². The Balaban J connectivity index is 2.43. The van der Waals surface area contributed by atoms with Gasteiger partial charge in [0.25, 0.3) is 5.69 Å². The average molecular weight is 329 g/mol. The van der Waals surface area contributed by atoms with Crippen molar-refractivity contribution < 1.29 is 19.9 Å². The van der Waals surface area contributed by atoms with Gasteiger partial charge in [0.2, 0.25) is 0 Å². The molecule has 0 fully saturated rings. The molecule has 1 aromatic heterocycles. The molecule has 0 unspecified atom stereocenters. The maximum atomic E-state index is 11.2. The smallest absolute Gasteiger partial charge is 0.339 e. The van der Waals surface area contributed by atoms with E-state index in [1.807, 2.05) is 13.8 Å². The van der Waals surface area contributed by atoms with Crippen molar-refractivity contribution in [3.8, 4) is 5.75 Å². The Morgan fingerprint density at radius 1 is 1.33 bits per heavy atom. The fourth-order valence-electron chi connectivity index (χ4n) is 2.10. The lowest BCUT2D eigenvalue weighted by molar-refractivity contribution is -0.385. The Morgan fingerprint density at radius 2 is 2.04 bits per heavy atom. The second-order valence-corrected chi connectivity index (χ2v) is 5.32. The fourth-order valence-corrected chi connectivity index (χ4v) is 2.10. The van der Waals surface area contributed by atoms with E-state index < -0.39 is 10.9 Å². The lowest BCUT2D eigenvalue weighted by Crippen LogP contribution is -2.08. The van der Waals surface area contributed by atoms with Crippen molar-refractivity contribution in [2.75, 3.05) is 0 Å². The molecule has 124 valence electrons. The molecule has 0 amide bonds. The summed E-state index contributed by atoms with van der Waals surface area (Å²) in [6.07, 6.45) is 4.04. The lowest BCUT2D eigenvalue weighted by Gasteiger charge is -2.08. The van der Waals surface area contributed by atoms with Gasteiger partial charge in [0.1, 0.15) is 5.75 Å². The van der Waals surface area contributed by atoms with Crippen molar-refractivity contribution in [2.45, 2.75) is 19.8 Å². The maximum absolute atomic E-state index is 11.2. The highest BCUT2D eigenvalue weighted by molar-refractivity contribution is 5.88. The van der Waals surface area contributed by atoms with Crippen LogP contribution in [0.4, 0.5) is 5.69 Å². The number of carbonyl (C=O) groups is 1. The van der Waals surface area contributed by atoms with Crippen molar-refractivity contribution in [3.05, 3.63) is 57.2 Å². The predicted octanol–water partition coefficient (Wildman–Crippen LogP) is 3.08. The highest BCUT2D eigenvalue weighted by Crippen LogP contribution is 2.25. The summed E-state index contributed by atoms with van der Waals surface area (Å²) >= 11 is 0. The van der Waals surface area contributed by atoms with Gasteiger partial charge < -0.3 is 10.2 Å². The molecule has 0 radical (unpaired) electrons. The third kappa shape index (κ3) is 3.72. The van der Waals surface area contributed by atoms with Crippen LogP contribution in [0.15, 0.2) is 24.4 Å². The van der Waals surface area contributed by atoms with Crippen LogP contribution in [0, 0.1) is 10.1 Å². The Morgan fingerprint density at radius 3 is 2.62 bits per heavy atom. The van der Waals surface area contributed by atoms with Crippen LogP contribution in [-0.2, 0) is 0 Å². The van der Waals surface area contributed by atoms with E-state index in [1.54, 1.807) is 0 Å². The number of nitro benzene ring substituents is 1. The molecule has 2 N–H and O–H groups in total. The van der Waals surface area contributed by atoms with E-state index in [0.29, 0.717) is 5.69 Å². The van der Waals surface area contributed by atoms with Crippen LogP contribution >= 0.6 is 0 Å². The standard InChI is InChI=1S/C16H15N3O5/c1-9(2)15-12(16(21)22)8-17-14(18-15)6-3-10-7-11(20)4-5-13(10)19(23)24/h3-9,20H,1-2H3,(H,21,22)/b6-3+. The molecule has 0 saturated carbocycles. The molecule has 8 heteroatoms. The Bertz CT molecular complexity index is 830. The first-order valence-corrected chi connectivity index (χ1v) is 7.05. The molecule has 0 saturated heterocycles. The number of carboxylic acid groups (broad SMARTS) is 1. The van der Waals surface area contributed by atoms with Gasteiger partial charge in [-0.05, 0) is 30.2 Å². The van der Waals surface area contributed by atoms with Crippen molar-refractivity contribution in [2.24, 2.45) is 0 Å². The number of aromatic nitrogens is 2. The molecule has 0 aliphatic rings.